The van der Waals surface area contributed by atoms with Gasteiger partial charge < -0.3 is 34.5 Å². The lowest BCUT2D eigenvalue weighted by molar-refractivity contribution is -0.149. The number of thiocarbonyl (C=S) groups is 1. The number of para-hydroxylation sites is 1. The van der Waals surface area contributed by atoms with E-state index in [2.05, 4.69) is 16.7 Å². The van der Waals surface area contributed by atoms with Crippen molar-refractivity contribution >= 4 is 28.9 Å². The van der Waals surface area contributed by atoms with Gasteiger partial charge >= 0.3 is 0 Å². The average molecular weight is 562 g/mol. The molecular formula is C31H35N3O5S. The summed E-state index contributed by atoms with van der Waals surface area (Å²) in [6.07, 6.45) is 0.635. The molecule has 2 bridgehead atoms. The van der Waals surface area contributed by atoms with Crippen molar-refractivity contribution < 1.29 is 23.7 Å². The van der Waals surface area contributed by atoms with Crippen LogP contribution in [0.1, 0.15) is 35.2 Å². The van der Waals surface area contributed by atoms with E-state index in [1.54, 1.807) is 21.3 Å². The highest BCUT2D eigenvalue weighted by atomic mass is 32.1. The summed E-state index contributed by atoms with van der Waals surface area (Å²) in [5.41, 5.74) is 3.68. The number of aryl methyl sites for hydroxylation is 2. The Morgan fingerprint density at radius 1 is 1.02 bits per heavy atom. The van der Waals surface area contributed by atoms with Crippen molar-refractivity contribution in [3.05, 3.63) is 76.9 Å². The molecule has 2 heterocycles. The molecule has 5 rings (SSSR count). The largest absolute Gasteiger partial charge is 0.493 e. The van der Waals surface area contributed by atoms with Crippen LogP contribution in [0.15, 0.2) is 54.6 Å². The van der Waals surface area contributed by atoms with Gasteiger partial charge in [-0.15, -0.1) is 0 Å². The molecule has 40 heavy (non-hydrogen) atoms. The number of anilines is 1. The lowest BCUT2D eigenvalue weighted by Gasteiger charge is -2.56. The summed E-state index contributed by atoms with van der Waals surface area (Å²) < 4.78 is 23.3. The summed E-state index contributed by atoms with van der Waals surface area (Å²) in [5, 5.41) is 7.16. The number of hydrogen-bond donors (Lipinski definition) is 2. The number of methoxy groups -OCH3 is 3. The maximum Gasteiger partial charge on any atom is 0.236 e. The molecule has 3 atom stereocenters. The lowest BCUT2D eigenvalue weighted by atomic mass is 9.78. The van der Waals surface area contributed by atoms with Crippen molar-refractivity contribution in [3.8, 4) is 23.0 Å². The first-order valence-electron chi connectivity index (χ1n) is 13.2. The fourth-order valence-corrected chi connectivity index (χ4v) is 6.16. The van der Waals surface area contributed by atoms with Crippen molar-refractivity contribution in [2.24, 2.45) is 5.92 Å². The molecule has 0 radical (unpaired) electrons. The van der Waals surface area contributed by atoms with Gasteiger partial charge in [-0.1, -0.05) is 35.9 Å². The van der Waals surface area contributed by atoms with E-state index >= 15 is 0 Å². The summed E-state index contributed by atoms with van der Waals surface area (Å²) in [4.78, 5) is 16.1. The van der Waals surface area contributed by atoms with Gasteiger partial charge in [-0.3, -0.25) is 4.79 Å². The molecular weight excluding hydrogens is 526 g/mol. The van der Waals surface area contributed by atoms with E-state index in [1.165, 1.54) is 0 Å². The van der Waals surface area contributed by atoms with Gasteiger partial charge in [-0.25, -0.2) is 0 Å². The Bertz CT molecular complexity index is 1460. The minimum Gasteiger partial charge on any atom is -0.493 e. The first-order chi connectivity index (χ1) is 19.2. The van der Waals surface area contributed by atoms with Gasteiger partial charge in [0, 0.05) is 17.8 Å². The van der Waals surface area contributed by atoms with Crippen molar-refractivity contribution in [3.63, 3.8) is 0 Å². The van der Waals surface area contributed by atoms with Gasteiger partial charge in [0.25, 0.3) is 0 Å². The van der Waals surface area contributed by atoms with Crippen LogP contribution in [-0.2, 0) is 11.2 Å². The second-order valence-corrected chi connectivity index (χ2v) is 10.7. The first kappa shape index (κ1) is 27.6. The van der Waals surface area contributed by atoms with Crippen LogP contribution in [0, 0.1) is 19.8 Å². The molecule has 2 aliphatic rings. The number of nitrogens with zero attached hydrogens (tertiary/aromatic N) is 1. The second-order valence-electron chi connectivity index (χ2n) is 10.3. The van der Waals surface area contributed by atoms with Gasteiger partial charge in [0.05, 0.1) is 27.4 Å². The van der Waals surface area contributed by atoms with Crippen molar-refractivity contribution in [1.29, 1.82) is 0 Å². The Kier molecular flexibility index (Phi) is 7.51. The number of ether oxygens (including phenoxy) is 4. The quantitative estimate of drug-likeness (QED) is 0.365. The molecule has 0 aliphatic carbocycles. The normalized spacial score (nSPS) is 21.1. The fraction of sp³-hybridized carbons (Fsp3) is 0.355. The Morgan fingerprint density at radius 3 is 2.48 bits per heavy atom. The maximum absolute atomic E-state index is 14.1. The summed E-state index contributed by atoms with van der Waals surface area (Å²) >= 11 is 5.88. The van der Waals surface area contributed by atoms with Gasteiger partial charge in [-0.05, 0) is 74.8 Å². The van der Waals surface area contributed by atoms with E-state index in [0.717, 1.165) is 27.9 Å². The summed E-state index contributed by atoms with van der Waals surface area (Å²) in [6.45, 7) is 6.46. The number of hydrogen-bond acceptors (Lipinski definition) is 6. The Labute approximate surface area is 240 Å². The van der Waals surface area contributed by atoms with Crippen LogP contribution in [0.5, 0.6) is 23.0 Å². The summed E-state index contributed by atoms with van der Waals surface area (Å²) in [5.74, 6) is 1.77. The third kappa shape index (κ3) is 4.79. The van der Waals surface area contributed by atoms with E-state index in [-0.39, 0.29) is 5.91 Å². The number of amides is 1. The summed E-state index contributed by atoms with van der Waals surface area (Å²) in [6, 6.07) is 17.1. The third-order valence-corrected chi connectivity index (χ3v) is 8.18. The lowest BCUT2D eigenvalue weighted by Crippen LogP contribution is -2.71. The smallest absolute Gasteiger partial charge is 0.236 e. The number of benzene rings is 3. The van der Waals surface area contributed by atoms with Crippen LogP contribution in [-0.4, -0.2) is 49.5 Å². The van der Waals surface area contributed by atoms with Crippen molar-refractivity contribution in [2.45, 2.75) is 39.0 Å². The van der Waals surface area contributed by atoms with Crippen molar-refractivity contribution in [1.82, 2.24) is 10.2 Å². The van der Waals surface area contributed by atoms with Gasteiger partial charge in [0.2, 0.25) is 5.91 Å². The molecule has 8 nitrogen and oxygen atoms in total. The Balaban J connectivity index is 1.52. The standard InChI is InChI=1S/C31H35N3O5S/c1-18-10-12-22(19(2)16-18)32-29(35)26-27-21-8-7-9-24(37-5)28(21)39-31(26,3)34(30(40)33-27)15-14-20-11-13-23(36-4)25(17-20)38-6/h7-13,16-17,26-27H,14-15H2,1-6H3,(H,32,35)(H,33,40)/t26-,27-,31-/m0/s1. The zero-order valence-corrected chi connectivity index (χ0v) is 24.5. The third-order valence-electron chi connectivity index (χ3n) is 7.84. The molecule has 2 aliphatic heterocycles. The zero-order valence-electron chi connectivity index (χ0n) is 23.7. The monoisotopic (exact) mass is 561 g/mol. The van der Waals surface area contributed by atoms with Crippen LogP contribution in [0.3, 0.4) is 0 Å². The minimum absolute atomic E-state index is 0.154. The topological polar surface area (TPSA) is 81.3 Å². The average Bonchev–Trinajstić information content (AvgIpc) is 2.93. The molecule has 0 saturated carbocycles. The fourth-order valence-electron chi connectivity index (χ4n) is 5.76. The molecule has 0 spiro atoms. The highest BCUT2D eigenvalue weighted by Crippen LogP contribution is 2.51. The minimum atomic E-state index is -1.09. The predicted octanol–water partition coefficient (Wildman–Crippen LogP) is 5.17. The van der Waals surface area contributed by atoms with Gasteiger partial charge in [0.1, 0.15) is 5.92 Å². The molecule has 1 saturated heterocycles. The van der Waals surface area contributed by atoms with Crippen LogP contribution in [0.25, 0.3) is 0 Å². The molecule has 0 aromatic heterocycles. The number of fused-ring (bicyclic) bond motifs is 4. The molecule has 210 valence electrons. The summed E-state index contributed by atoms with van der Waals surface area (Å²) in [7, 11) is 4.84. The zero-order chi connectivity index (χ0) is 28.6. The molecule has 3 aromatic carbocycles. The van der Waals surface area contributed by atoms with Crippen LogP contribution < -0.4 is 29.6 Å². The second kappa shape index (κ2) is 10.9. The van der Waals surface area contributed by atoms with Gasteiger partial charge in [0.15, 0.2) is 33.8 Å². The molecule has 9 heteroatoms. The van der Waals surface area contributed by atoms with E-state index < -0.39 is 17.7 Å². The van der Waals surface area contributed by atoms with E-state index in [0.29, 0.717) is 41.1 Å². The van der Waals surface area contributed by atoms with Crippen LogP contribution in [0.2, 0.25) is 0 Å². The molecule has 1 amide bonds. The number of carbonyl (C=O) groups is 1. The SMILES string of the molecule is COc1ccc(CCN2C(=S)N[C@H]3c4cccc(OC)c4O[C@@]2(C)[C@@H]3C(=O)Nc2ccc(C)cc2C)cc1OC. The molecule has 3 aromatic rings. The highest BCUT2D eigenvalue weighted by molar-refractivity contribution is 7.80. The van der Waals surface area contributed by atoms with E-state index in [1.807, 2.05) is 74.2 Å². The number of nitrogens with one attached hydrogen (secondary N) is 2. The predicted molar refractivity (Wildman–Crippen MR) is 158 cm³/mol. The van der Waals surface area contributed by atoms with Gasteiger partial charge in [-0.2, -0.15) is 0 Å². The molecule has 1 fully saturated rings. The van der Waals surface area contributed by atoms with Crippen LogP contribution >= 0.6 is 12.2 Å². The Hall–Kier alpha value is -3.98. The van der Waals surface area contributed by atoms with Crippen molar-refractivity contribution in [2.75, 3.05) is 33.2 Å². The highest BCUT2D eigenvalue weighted by Gasteiger charge is 2.59. The Morgan fingerprint density at radius 2 is 1.77 bits per heavy atom. The van der Waals surface area contributed by atoms with E-state index in [9.17, 15) is 4.79 Å². The first-order valence-corrected chi connectivity index (χ1v) is 13.6. The van der Waals surface area contributed by atoms with Crippen LogP contribution in [0.4, 0.5) is 5.69 Å². The molecule has 2 N–H and O–H groups in total. The molecule has 0 unspecified atom stereocenters. The number of carbonyl (C=O) groups excluding carboxylic acids is 1. The maximum atomic E-state index is 14.1. The van der Waals surface area contributed by atoms with E-state index in [4.69, 9.17) is 31.2 Å². The number of rotatable bonds is 8.